The molecule has 2 aromatic rings. The van der Waals surface area contributed by atoms with Crippen LogP contribution in [0.5, 0.6) is 0 Å². The Labute approximate surface area is 164 Å². The van der Waals surface area contributed by atoms with Gasteiger partial charge in [-0.05, 0) is 44.6 Å². The fourth-order valence-electron chi connectivity index (χ4n) is 4.25. The molecule has 0 radical (unpaired) electrons. The molecule has 6 nitrogen and oxygen atoms in total. The molecule has 2 atom stereocenters. The summed E-state index contributed by atoms with van der Waals surface area (Å²) in [6.07, 6.45) is 1.28. The minimum absolute atomic E-state index is 0.0400. The summed E-state index contributed by atoms with van der Waals surface area (Å²) in [5, 5.41) is 5.46. The van der Waals surface area contributed by atoms with Gasteiger partial charge in [-0.15, -0.1) is 11.3 Å². The van der Waals surface area contributed by atoms with E-state index in [4.69, 9.17) is 0 Å². The van der Waals surface area contributed by atoms with Gasteiger partial charge in [0.2, 0.25) is 0 Å². The highest BCUT2D eigenvalue weighted by Crippen LogP contribution is 2.25. The summed E-state index contributed by atoms with van der Waals surface area (Å²) in [4.78, 5) is 34.4. The lowest BCUT2D eigenvalue weighted by Gasteiger charge is -2.34. The first-order valence-corrected chi connectivity index (χ1v) is 10.3. The van der Waals surface area contributed by atoms with Gasteiger partial charge in [-0.25, -0.2) is 4.98 Å². The standard InChI is InChI=1S/C20H28N4O2S/c1-11-6-12(2)8-24(7-11)9-16-10-27-20(22-16)23-19(26)18-13(3)17(15(5)25)14(4)21-18/h10-12,21H,6-9H2,1-5H3,(H,22,23,26)/t11-,12-/m1/s1. The van der Waals surface area contributed by atoms with Crippen molar-refractivity contribution in [2.45, 2.75) is 47.6 Å². The summed E-state index contributed by atoms with van der Waals surface area (Å²) in [6.45, 7) is 12.7. The van der Waals surface area contributed by atoms with E-state index < -0.39 is 0 Å². The lowest BCUT2D eigenvalue weighted by molar-refractivity contribution is 0.101. The lowest BCUT2D eigenvalue weighted by Crippen LogP contribution is -2.38. The SMILES string of the molecule is CC(=O)c1c(C)[nH]c(C(=O)Nc2nc(CN3C[C@H](C)C[C@@H](C)C3)cs2)c1C. The van der Waals surface area contributed by atoms with Gasteiger partial charge in [-0.2, -0.15) is 0 Å². The molecule has 0 aromatic carbocycles. The van der Waals surface area contributed by atoms with Gasteiger partial charge in [-0.3, -0.25) is 19.8 Å². The smallest absolute Gasteiger partial charge is 0.274 e. The van der Waals surface area contributed by atoms with Gasteiger partial charge in [0.25, 0.3) is 5.91 Å². The molecule has 3 rings (SSSR count). The predicted octanol–water partition coefficient (Wildman–Crippen LogP) is 4.02. The minimum Gasteiger partial charge on any atom is -0.354 e. The Kier molecular flexibility index (Phi) is 5.81. The first-order valence-electron chi connectivity index (χ1n) is 9.42. The van der Waals surface area contributed by atoms with E-state index in [1.807, 2.05) is 12.3 Å². The zero-order chi connectivity index (χ0) is 19.7. The van der Waals surface area contributed by atoms with E-state index >= 15 is 0 Å². The first-order chi connectivity index (χ1) is 12.7. The predicted molar refractivity (Wildman–Crippen MR) is 109 cm³/mol. The molecule has 2 aromatic heterocycles. The van der Waals surface area contributed by atoms with Gasteiger partial charge >= 0.3 is 0 Å². The quantitative estimate of drug-likeness (QED) is 0.758. The van der Waals surface area contributed by atoms with Crippen LogP contribution in [0.3, 0.4) is 0 Å². The number of aromatic nitrogens is 2. The number of amides is 1. The third-order valence-electron chi connectivity index (χ3n) is 5.12. The third-order valence-corrected chi connectivity index (χ3v) is 5.93. The number of anilines is 1. The number of hydrogen-bond acceptors (Lipinski definition) is 5. The molecular weight excluding hydrogens is 360 g/mol. The van der Waals surface area contributed by atoms with Crippen LogP contribution >= 0.6 is 11.3 Å². The van der Waals surface area contributed by atoms with E-state index in [1.165, 1.54) is 24.7 Å². The number of nitrogens with one attached hydrogen (secondary N) is 2. The van der Waals surface area contributed by atoms with Gasteiger partial charge < -0.3 is 4.98 Å². The maximum Gasteiger partial charge on any atom is 0.274 e. The topological polar surface area (TPSA) is 78.1 Å². The van der Waals surface area contributed by atoms with Crippen molar-refractivity contribution in [2.24, 2.45) is 11.8 Å². The van der Waals surface area contributed by atoms with Crippen molar-refractivity contribution in [3.8, 4) is 0 Å². The van der Waals surface area contributed by atoms with Crippen molar-refractivity contribution in [3.63, 3.8) is 0 Å². The van der Waals surface area contributed by atoms with E-state index in [1.54, 1.807) is 6.92 Å². The van der Waals surface area contributed by atoms with Crippen LogP contribution in [0.25, 0.3) is 0 Å². The molecule has 1 fully saturated rings. The Morgan fingerprint density at radius 1 is 1.30 bits per heavy atom. The Balaban J connectivity index is 1.66. The molecule has 27 heavy (non-hydrogen) atoms. The van der Waals surface area contributed by atoms with Crippen molar-refractivity contribution in [1.82, 2.24) is 14.9 Å². The van der Waals surface area contributed by atoms with Gasteiger partial charge in [-0.1, -0.05) is 13.8 Å². The number of nitrogens with zero attached hydrogens (tertiary/aromatic N) is 2. The van der Waals surface area contributed by atoms with E-state index in [2.05, 4.69) is 34.0 Å². The van der Waals surface area contributed by atoms with Crippen LogP contribution < -0.4 is 5.32 Å². The summed E-state index contributed by atoms with van der Waals surface area (Å²) in [6, 6.07) is 0. The van der Waals surface area contributed by atoms with Crippen LogP contribution in [0.4, 0.5) is 5.13 Å². The van der Waals surface area contributed by atoms with Crippen molar-refractivity contribution in [2.75, 3.05) is 18.4 Å². The van der Waals surface area contributed by atoms with E-state index in [-0.39, 0.29) is 11.7 Å². The molecule has 0 unspecified atom stereocenters. The zero-order valence-electron chi connectivity index (χ0n) is 16.7. The van der Waals surface area contributed by atoms with Crippen LogP contribution in [0.2, 0.25) is 0 Å². The summed E-state index contributed by atoms with van der Waals surface area (Å²) >= 11 is 1.44. The number of thiazole rings is 1. The number of aromatic amines is 1. The van der Waals surface area contributed by atoms with E-state index in [0.717, 1.165) is 31.0 Å². The van der Waals surface area contributed by atoms with Crippen LogP contribution in [-0.4, -0.2) is 39.6 Å². The van der Waals surface area contributed by atoms with Gasteiger partial charge in [0.15, 0.2) is 10.9 Å². The maximum absolute atomic E-state index is 12.6. The highest BCUT2D eigenvalue weighted by molar-refractivity contribution is 7.13. The Morgan fingerprint density at radius 3 is 2.56 bits per heavy atom. The molecule has 0 saturated carbocycles. The fraction of sp³-hybridized carbons (Fsp3) is 0.550. The number of Topliss-reactive ketones (excluding diaryl/α,β-unsaturated/α-hetero) is 1. The normalized spacial score (nSPS) is 20.6. The van der Waals surface area contributed by atoms with Gasteiger partial charge in [0, 0.05) is 36.3 Å². The second-order valence-corrected chi connectivity index (χ2v) is 8.78. The number of carbonyl (C=O) groups is 2. The molecule has 1 saturated heterocycles. The van der Waals surface area contributed by atoms with Gasteiger partial charge in [0.05, 0.1) is 5.69 Å². The van der Waals surface area contributed by atoms with E-state index in [9.17, 15) is 9.59 Å². The molecule has 146 valence electrons. The number of aryl methyl sites for hydroxylation is 1. The molecule has 1 amide bonds. The fourth-order valence-corrected chi connectivity index (χ4v) is 4.95. The summed E-state index contributed by atoms with van der Waals surface area (Å²) in [5.41, 5.74) is 3.41. The minimum atomic E-state index is -0.260. The lowest BCUT2D eigenvalue weighted by atomic mass is 9.92. The Bertz CT molecular complexity index is 844. The average Bonchev–Trinajstić information content (AvgIpc) is 3.10. The second kappa shape index (κ2) is 7.94. The van der Waals surface area contributed by atoms with Crippen LogP contribution in [0.1, 0.15) is 65.0 Å². The Hall–Kier alpha value is -1.99. The molecular formula is C20H28N4O2S. The molecule has 0 aliphatic carbocycles. The van der Waals surface area contributed by atoms with Crippen molar-refractivity contribution in [3.05, 3.63) is 33.6 Å². The molecule has 7 heteroatoms. The summed E-state index contributed by atoms with van der Waals surface area (Å²) in [5.74, 6) is 1.12. The molecule has 0 spiro atoms. The third kappa shape index (κ3) is 4.47. The van der Waals surface area contributed by atoms with E-state index in [0.29, 0.717) is 33.8 Å². The Morgan fingerprint density at radius 2 is 1.96 bits per heavy atom. The molecule has 1 aliphatic heterocycles. The number of H-pyrrole nitrogens is 1. The zero-order valence-corrected chi connectivity index (χ0v) is 17.5. The molecule has 0 bridgehead atoms. The first kappa shape index (κ1) is 19.8. The molecule has 2 N–H and O–H groups in total. The number of likely N-dealkylation sites (tertiary alicyclic amines) is 1. The van der Waals surface area contributed by atoms with Crippen molar-refractivity contribution >= 4 is 28.2 Å². The number of carbonyl (C=O) groups excluding carboxylic acids is 2. The molecule has 1 aliphatic rings. The van der Waals surface area contributed by atoms with Crippen LogP contribution in [0.15, 0.2) is 5.38 Å². The highest BCUT2D eigenvalue weighted by atomic mass is 32.1. The summed E-state index contributed by atoms with van der Waals surface area (Å²) < 4.78 is 0. The van der Waals surface area contributed by atoms with Crippen LogP contribution in [-0.2, 0) is 6.54 Å². The molecule has 3 heterocycles. The number of ketones is 1. The maximum atomic E-state index is 12.6. The van der Waals surface area contributed by atoms with Crippen molar-refractivity contribution < 1.29 is 9.59 Å². The van der Waals surface area contributed by atoms with Gasteiger partial charge in [0.1, 0.15) is 5.69 Å². The van der Waals surface area contributed by atoms with Crippen LogP contribution in [0, 0.1) is 25.7 Å². The highest BCUT2D eigenvalue weighted by Gasteiger charge is 2.23. The number of hydrogen-bond donors (Lipinski definition) is 2. The average molecular weight is 389 g/mol. The number of piperidine rings is 1. The second-order valence-electron chi connectivity index (χ2n) is 7.92. The largest absolute Gasteiger partial charge is 0.354 e. The monoisotopic (exact) mass is 388 g/mol. The van der Waals surface area contributed by atoms with Crippen molar-refractivity contribution in [1.29, 1.82) is 0 Å². The summed E-state index contributed by atoms with van der Waals surface area (Å²) in [7, 11) is 0. The number of rotatable bonds is 5.